The first kappa shape index (κ1) is 8.55. The molecule has 2 fully saturated rings. The van der Waals surface area contributed by atoms with Crippen molar-refractivity contribution >= 4 is 0 Å². The molecule has 2 aliphatic rings. The summed E-state index contributed by atoms with van der Waals surface area (Å²) in [5, 5.41) is 3.53. The second-order valence-electron chi connectivity index (χ2n) is 4.89. The summed E-state index contributed by atoms with van der Waals surface area (Å²) in [6, 6.07) is 0. The Morgan fingerprint density at radius 3 is 2.75 bits per heavy atom. The average Bonchev–Trinajstić information content (AvgIpc) is 2.86. The SMILES string of the molecule is CCCNCC1CC1(C)C1CC1. The van der Waals surface area contributed by atoms with Crippen LogP contribution in [0.4, 0.5) is 0 Å². The molecule has 2 rings (SSSR count). The normalized spacial score (nSPS) is 40.0. The van der Waals surface area contributed by atoms with E-state index in [1.54, 1.807) is 0 Å². The van der Waals surface area contributed by atoms with Gasteiger partial charge in [-0.1, -0.05) is 13.8 Å². The van der Waals surface area contributed by atoms with Crippen molar-refractivity contribution in [1.29, 1.82) is 0 Å². The lowest BCUT2D eigenvalue weighted by Crippen LogP contribution is -2.20. The molecule has 2 atom stereocenters. The standard InChI is InChI=1S/C11H21N/c1-3-6-12-8-10-7-11(10,2)9-4-5-9/h9-10,12H,3-8H2,1-2H3. The van der Waals surface area contributed by atoms with Gasteiger partial charge in [-0.05, 0) is 56.0 Å². The van der Waals surface area contributed by atoms with Crippen LogP contribution in [0.15, 0.2) is 0 Å². The van der Waals surface area contributed by atoms with Gasteiger partial charge in [-0.3, -0.25) is 0 Å². The maximum Gasteiger partial charge on any atom is -0.00150 e. The van der Waals surface area contributed by atoms with Crippen LogP contribution in [-0.4, -0.2) is 13.1 Å². The fraction of sp³-hybridized carbons (Fsp3) is 1.00. The predicted molar refractivity (Wildman–Crippen MR) is 52.1 cm³/mol. The minimum absolute atomic E-state index is 0.765. The number of hydrogen-bond acceptors (Lipinski definition) is 1. The zero-order valence-electron chi connectivity index (χ0n) is 8.40. The van der Waals surface area contributed by atoms with Crippen molar-refractivity contribution < 1.29 is 0 Å². The van der Waals surface area contributed by atoms with Crippen molar-refractivity contribution in [2.75, 3.05) is 13.1 Å². The molecule has 0 aromatic rings. The summed E-state index contributed by atoms with van der Waals surface area (Å²) in [4.78, 5) is 0. The van der Waals surface area contributed by atoms with Crippen LogP contribution >= 0.6 is 0 Å². The van der Waals surface area contributed by atoms with Crippen LogP contribution in [0.3, 0.4) is 0 Å². The topological polar surface area (TPSA) is 12.0 Å². The predicted octanol–water partition coefficient (Wildman–Crippen LogP) is 2.42. The van der Waals surface area contributed by atoms with E-state index in [9.17, 15) is 0 Å². The lowest BCUT2D eigenvalue weighted by atomic mass is 10.0. The summed E-state index contributed by atoms with van der Waals surface area (Å²) < 4.78 is 0. The van der Waals surface area contributed by atoms with Gasteiger partial charge in [0.2, 0.25) is 0 Å². The van der Waals surface area contributed by atoms with E-state index in [1.165, 1.54) is 38.8 Å². The molecule has 1 N–H and O–H groups in total. The molecular weight excluding hydrogens is 146 g/mol. The quantitative estimate of drug-likeness (QED) is 0.620. The second-order valence-corrected chi connectivity index (χ2v) is 4.89. The zero-order valence-corrected chi connectivity index (χ0v) is 8.40. The number of nitrogens with one attached hydrogen (secondary N) is 1. The zero-order chi connectivity index (χ0) is 8.60. The van der Waals surface area contributed by atoms with E-state index in [2.05, 4.69) is 19.2 Å². The molecule has 0 aliphatic heterocycles. The smallest absolute Gasteiger partial charge is 0.00150 e. The van der Waals surface area contributed by atoms with E-state index in [-0.39, 0.29) is 0 Å². The molecule has 1 nitrogen and oxygen atoms in total. The Morgan fingerprint density at radius 1 is 1.42 bits per heavy atom. The molecular formula is C11H21N. The van der Waals surface area contributed by atoms with Gasteiger partial charge in [0, 0.05) is 0 Å². The molecule has 0 radical (unpaired) electrons. The summed E-state index contributed by atoms with van der Waals surface area (Å²) in [6.45, 7) is 7.21. The highest BCUT2D eigenvalue weighted by atomic mass is 14.9. The van der Waals surface area contributed by atoms with E-state index in [0.29, 0.717) is 0 Å². The Labute approximate surface area is 75.9 Å². The minimum atomic E-state index is 0.765. The summed E-state index contributed by atoms with van der Waals surface area (Å²) in [5.41, 5.74) is 0.765. The summed E-state index contributed by atoms with van der Waals surface area (Å²) in [6.07, 6.45) is 5.79. The van der Waals surface area contributed by atoms with Crippen molar-refractivity contribution in [3.8, 4) is 0 Å². The average molecular weight is 167 g/mol. The highest BCUT2D eigenvalue weighted by molar-refractivity contribution is 5.07. The van der Waals surface area contributed by atoms with Gasteiger partial charge in [-0.15, -0.1) is 0 Å². The van der Waals surface area contributed by atoms with Crippen LogP contribution in [0.1, 0.15) is 39.5 Å². The highest BCUT2D eigenvalue weighted by Crippen LogP contribution is 2.64. The van der Waals surface area contributed by atoms with E-state index in [0.717, 1.165) is 17.3 Å². The number of rotatable bonds is 5. The molecule has 2 saturated carbocycles. The molecule has 0 heterocycles. The van der Waals surface area contributed by atoms with Crippen LogP contribution in [0.5, 0.6) is 0 Å². The van der Waals surface area contributed by atoms with Crippen molar-refractivity contribution in [3.63, 3.8) is 0 Å². The van der Waals surface area contributed by atoms with Gasteiger partial charge in [0.05, 0.1) is 0 Å². The largest absolute Gasteiger partial charge is 0.316 e. The Bertz CT molecular complexity index is 162. The maximum atomic E-state index is 3.53. The van der Waals surface area contributed by atoms with Crippen LogP contribution in [0.25, 0.3) is 0 Å². The molecule has 0 saturated heterocycles. The van der Waals surface area contributed by atoms with Gasteiger partial charge < -0.3 is 5.32 Å². The number of hydrogen-bond donors (Lipinski definition) is 1. The van der Waals surface area contributed by atoms with Crippen LogP contribution < -0.4 is 5.32 Å². The first-order valence-electron chi connectivity index (χ1n) is 5.48. The Kier molecular flexibility index (Phi) is 2.16. The van der Waals surface area contributed by atoms with Gasteiger partial charge in [0.1, 0.15) is 0 Å². The third-order valence-electron chi connectivity index (χ3n) is 3.79. The van der Waals surface area contributed by atoms with Crippen molar-refractivity contribution in [2.24, 2.45) is 17.3 Å². The maximum absolute atomic E-state index is 3.53. The summed E-state index contributed by atoms with van der Waals surface area (Å²) >= 11 is 0. The van der Waals surface area contributed by atoms with Gasteiger partial charge in [0.25, 0.3) is 0 Å². The molecule has 0 aromatic carbocycles. The molecule has 0 spiro atoms. The third-order valence-corrected chi connectivity index (χ3v) is 3.79. The molecule has 1 heteroatoms. The minimum Gasteiger partial charge on any atom is -0.316 e. The van der Waals surface area contributed by atoms with Gasteiger partial charge in [0.15, 0.2) is 0 Å². The Hall–Kier alpha value is -0.0400. The monoisotopic (exact) mass is 167 g/mol. The van der Waals surface area contributed by atoms with Crippen LogP contribution in [-0.2, 0) is 0 Å². The van der Waals surface area contributed by atoms with Crippen molar-refractivity contribution in [1.82, 2.24) is 5.32 Å². The third kappa shape index (κ3) is 1.52. The van der Waals surface area contributed by atoms with Gasteiger partial charge in [-0.25, -0.2) is 0 Å². The lowest BCUT2D eigenvalue weighted by molar-refractivity contribution is 0.423. The first-order chi connectivity index (χ1) is 5.77. The Morgan fingerprint density at radius 2 is 2.17 bits per heavy atom. The first-order valence-corrected chi connectivity index (χ1v) is 5.48. The van der Waals surface area contributed by atoms with Crippen LogP contribution in [0, 0.1) is 17.3 Å². The Balaban J connectivity index is 1.65. The van der Waals surface area contributed by atoms with Crippen LogP contribution in [0.2, 0.25) is 0 Å². The molecule has 70 valence electrons. The van der Waals surface area contributed by atoms with E-state index >= 15 is 0 Å². The summed E-state index contributed by atoms with van der Waals surface area (Å²) in [7, 11) is 0. The lowest BCUT2D eigenvalue weighted by Gasteiger charge is -2.09. The van der Waals surface area contributed by atoms with E-state index in [4.69, 9.17) is 0 Å². The molecule has 2 aliphatic carbocycles. The van der Waals surface area contributed by atoms with Crippen molar-refractivity contribution in [2.45, 2.75) is 39.5 Å². The van der Waals surface area contributed by atoms with Crippen molar-refractivity contribution in [3.05, 3.63) is 0 Å². The molecule has 0 bridgehead atoms. The fourth-order valence-electron chi connectivity index (χ4n) is 2.47. The molecule has 0 amide bonds. The second kappa shape index (κ2) is 3.02. The molecule has 0 aromatic heterocycles. The van der Waals surface area contributed by atoms with E-state index in [1.807, 2.05) is 0 Å². The molecule has 12 heavy (non-hydrogen) atoms. The van der Waals surface area contributed by atoms with Gasteiger partial charge >= 0.3 is 0 Å². The van der Waals surface area contributed by atoms with E-state index < -0.39 is 0 Å². The summed E-state index contributed by atoms with van der Waals surface area (Å²) in [5.74, 6) is 2.11. The fourth-order valence-corrected chi connectivity index (χ4v) is 2.47. The van der Waals surface area contributed by atoms with Gasteiger partial charge in [-0.2, -0.15) is 0 Å². The molecule has 2 unspecified atom stereocenters. The highest BCUT2D eigenvalue weighted by Gasteiger charge is 2.57.